The van der Waals surface area contributed by atoms with Crippen LogP contribution >= 0.6 is 0 Å². The van der Waals surface area contributed by atoms with Gasteiger partial charge in [-0.1, -0.05) is 57.2 Å². The fraction of sp³-hybridized carbons (Fsp3) is 0.176. The SMILES string of the molecule is Cc1cccc(C)c1-c1cc(-c2cccc(Oc3ccccn3)n2)cc(-c2cc(C(C)(C)C)ccc2O)c1. The van der Waals surface area contributed by atoms with Crippen LogP contribution in [0, 0.1) is 13.8 Å². The number of aryl methyl sites for hydroxylation is 2. The number of hydrogen-bond donors (Lipinski definition) is 1. The van der Waals surface area contributed by atoms with Gasteiger partial charge < -0.3 is 9.84 Å². The fourth-order valence-electron chi connectivity index (χ4n) is 4.73. The van der Waals surface area contributed by atoms with Crippen LogP contribution in [0.5, 0.6) is 17.5 Å². The van der Waals surface area contributed by atoms with Crippen LogP contribution in [0.3, 0.4) is 0 Å². The molecule has 0 amide bonds. The van der Waals surface area contributed by atoms with Gasteiger partial charge in [0.15, 0.2) is 0 Å². The molecule has 0 aliphatic rings. The molecule has 4 heteroatoms. The van der Waals surface area contributed by atoms with Crippen LogP contribution in [0.1, 0.15) is 37.5 Å². The molecule has 0 saturated heterocycles. The summed E-state index contributed by atoms with van der Waals surface area (Å²) in [5.41, 5.74) is 9.21. The zero-order valence-corrected chi connectivity index (χ0v) is 22.5. The zero-order chi connectivity index (χ0) is 26.9. The number of benzene rings is 3. The first kappa shape index (κ1) is 25.2. The highest BCUT2D eigenvalue weighted by Gasteiger charge is 2.18. The van der Waals surface area contributed by atoms with E-state index in [2.05, 4.69) is 82.1 Å². The minimum Gasteiger partial charge on any atom is -0.507 e. The van der Waals surface area contributed by atoms with Crippen molar-refractivity contribution in [1.29, 1.82) is 0 Å². The van der Waals surface area contributed by atoms with E-state index in [4.69, 9.17) is 9.72 Å². The summed E-state index contributed by atoms with van der Waals surface area (Å²) in [7, 11) is 0. The molecule has 3 aromatic carbocycles. The van der Waals surface area contributed by atoms with Gasteiger partial charge >= 0.3 is 0 Å². The van der Waals surface area contributed by atoms with E-state index in [-0.39, 0.29) is 11.2 Å². The summed E-state index contributed by atoms with van der Waals surface area (Å²) in [6.45, 7) is 10.8. The molecule has 0 saturated carbocycles. The highest BCUT2D eigenvalue weighted by Crippen LogP contribution is 2.39. The molecule has 1 N–H and O–H groups in total. The van der Waals surface area contributed by atoms with E-state index in [0.29, 0.717) is 11.8 Å². The van der Waals surface area contributed by atoms with Crippen LogP contribution in [-0.2, 0) is 5.41 Å². The van der Waals surface area contributed by atoms with Gasteiger partial charge in [-0.25, -0.2) is 9.97 Å². The molecule has 4 nitrogen and oxygen atoms in total. The lowest BCUT2D eigenvalue weighted by atomic mass is 9.84. The Bertz CT molecular complexity index is 1580. The Labute approximate surface area is 224 Å². The molecule has 0 spiro atoms. The van der Waals surface area contributed by atoms with E-state index in [1.54, 1.807) is 18.3 Å². The predicted molar refractivity (Wildman–Crippen MR) is 155 cm³/mol. The number of ether oxygens (including phenoxy) is 1. The van der Waals surface area contributed by atoms with Crippen molar-refractivity contribution < 1.29 is 9.84 Å². The topological polar surface area (TPSA) is 55.2 Å². The molecule has 38 heavy (non-hydrogen) atoms. The smallest absolute Gasteiger partial charge is 0.221 e. The third-order valence-electron chi connectivity index (χ3n) is 6.74. The average Bonchev–Trinajstić information content (AvgIpc) is 2.89. The van der Waals surface area contributed by atoms with E-state index in [1.807, 2.05) is 36.4 Å². The van der Waals surface area contributed by atoms with E-state index in [9.17, 15) is 5.11 Å². The van der Waals surface area contributed by atoms with Gasteiger partial charge in [0.1, 0.15) is 5.75 Å². The van der Waals surface area contributed by atoms with E-state index in [1.165, 1.54) is 16.7 Å². The van der Waals surface area contributed by atoms with E-state index in [0.717, 1.165) is 33.5 Å². The van der Waals surface area contributed by atoms with Crippen LogP contribution in [-0.4, -0.2) is 15.1 Å². The lowest BCUT2D eigenvalue weighted by molar-refractivity contribution is 0.445. The summed E-state index contributed by atoms with van der Waals surface area (Å²) in [4.78, 5) is 9.06. The third-order valence-corrected chi connectivity index (χ3v) is 6.74. The standard InChI is InChI=1S/C34H32N2O2/c1-22-10-8-11-23(2)33(22)26-19-24(28-21-27(34(3,4)5)15-16-30(28)37)18-25(20-26)29-12-9-14-32(36-29)38-31-13-6-7-17-35-31/h6-21,37H,1-5H3. The normalized spacial score (nSPS) is 11.4. The maximum absolute atomic E-state index is 11.0. The average molecular weight is 501 g/mol. The highest BCUT2D eigenvalue weighted by atomic mass is 16.5. The van der Waals surface area contributed by atoms with Gasteiger partial charge in [0, 0.05) is 29.5 Å². The van der Waals surface area contributed by atoms with Gasteiger partial charge in [-0.15, -0.1) is 0 Å². The Morgan fingerprint density at radius 2 is 1.37 bits per heavy atom. The molecule has 190 valence electrons. The van der Waals surface area contributed by atoms with E-state index >= 15 is 0 Å². The predicted octanol–water partition coefficient (Wildman–Crippen LogP) is 8.89. The number of hydrogen-bond acceptors (Lipinski definition) is 4. The molecule has 0 atom stereocenters. The van der Waals surface area contributed by atoms with Crippen molar-refractivity contribution in [1.82, 2.24) is 9.97 Å². The largest absolute Gasteiger partial charge is 0.507 e. The van der Waals surface area contributed by atoms with Crippen molar-refractivity contribution >= 4 is 0 Å². The van der Waals surface area contributed by atoms with Crippen molar-refractivity contribution in [2.24, 2.45) is 0 Å². The molecule has 0 aliphatic carbocycles. The molecule has 0 aliphatic heterocycles. The molecule has 2 heterocycles. The monoisotopic (exact) mass is 500 g/mol. The maximum Gasteiger partial charge on any atom is 0.221 e. The summed E-state index contributed by atoms with van der Waals surface area (Å²) in [5, 5.41) is 11.0. The molecular formula is C34H32N2O2. The number of nitrogens with zero attached hydrogens (tertiary/aromatic N) is 2. The van der Waals surface area contributed by atoms with E-state index < -0.39 is 0 Å². The molecule has 0 bridgehead atoms. The van der Waals surface area contributed by atoms with Crippen molar-refractivity contribution in [3.05, 3.63) is 114 Å². The van der Waals surface area contributed by atoms with Crippen molar-refractivity contribution in [3.63, 3.8) is 0 Å². The molecular weight excluding hydrogens is 468 g/mol. The molecule has 0 unspecified atom stereocenters. The van der Waals surface area contributed by atoms with Gasteiger partial charge in [0.25, 0.3) is 0 Å². The van der Waals surface area contributed by atoms with Gasteiger partial charge in [-0.3, -0.25) is 0 Å². The number of rotatable bonds is 5. The number of pyridine rings is 2. The van der Waals surface area contributed by atoms with Gasteiger partial charge in [0.05, 0.1) is 5.69 Å². The second-order valence-corrected chi connectivity index (χ2v) is 10.7. The summed E-state index contributed by atoms with van der Waals surface area (Å²) >= 11 is 0. The first-order valence-electron chi connectivity index (χ1n) is 12.8. The first-order chi connectivity index (χ1) is 18.2. The Morgan fingerprint density at radius 1 is 0.684 bits per heavy atom. The zero-order valence-electron chi connectivity index (χ0n) is 22.5. The van der Waals surface area contributed by atoms with Crippen molar-refractivity contribution in [3.8, 4) is 51.0 Å². The Kier molecular flexibility index (Phi) is 6.73. The number of aromatic nitrogens is 2. The second-order valence-electron chi connectivity index (χ2n) is 10.7. The second kappa shape index (κ2) is 10.1. The Balaban J connectivity index is 1.69. The molecule has 0 radical (unpaired) electrons. The lowest BCUT2D eigenvalue weighted by Crippen LogP contribution is -2.10. The number of phenols is 1. The van der Waals surface area contributed by atoms with Crippen LogP contribution < -0.4 is 4.74 Å². The molecule has 5 aromatic rings. The summed E-state index contributed by atoms with van der Waals surface area (Å²) in [6, 6.07) is 29.9. The van der Waals surface area contributed by atoms with Gasteiger partial charge in [-0.2, -0.15) is 0 Å². The van der Waals surface area contributed by atoms with Crippen LogP contribution in [0.2, 0.25) is 0 Å². The van der Waals surface area contributed by atoms with Crippen LogP contribution in [0.15, 0.2) is 97.2 Å². The maximum atomic E-state index is 11.0. The fourth-order valence-corrected chi connectivity index (χ4v) is 4.73. The molecule has 0 fully saturated rings. The van der Waals surface area contributed by atoms with Gasteiger partial charge in [-0.05, 0) is 95.1 Å². The molecule has 2 aromatic heterocycles. The summed E-state index contributed by atoms with van der Waals surface area (Å²) < 4.78 is 5.92. The van der Waals surface area contributed by atoms with Crippen molar-refractivity contribution in [2.45, 2.75) is 40.0 Å². The van der Waals surface area contributed by atoms with Crippen LogP contribution in [0.4, 0.5) is 0 Å². The summed E-state index contributed by atoms with van der Waals surface area (Å²) in [5.74, 6) is 1.21. The summed E-state index contributed by atoms with van der Waals surface area (Å²) in [6.07, 6.45) is 1.69. The minimum absolute atomic E-state index is 0.0474. The minimum atomic E-state index is -0.0474. The quantitative estimate of drug-likeness (QED) is 0.262. The first-order valence-corrected chi connectivity index (χ1v) is 12.8. The lowest BCUT2D eigenvalue weighted by Gasteiger charge is -2.21. The Morgan fingerprint density at radius 3 is 2.08 bits per heavy atom. The Hall–Kier alpha value is -4.44. The molecule has 5 rings (SSSR count). The number of aromatic hydroxyl groups is 1. The van der Waals surface area contributed by atoms with Crippen LogP contribution in [0.25, 0.3) is 33.5 Å². The third kappa shape index (κ3) is 5.30. The van der Waals surface area contributed by atoms with Gasteiger partial charge in [0.2, 0.25) is 11.8 Å². The number of phenolic OH excluding ortho intramolecular Hbond substituents is 1. The van der Waals surface area contributed by atoms with Crippen molar-refractivity contribution in [2.75, 3.05) is 0 Å². The highest BCUT2D eigenvalue weighted by molar-refractivity contribution is 5.84.